The Labute approximate surface area is 118 Å². The van der Waals surface area contributed by atoms with Crippen molar-refractivity contribution in [3.8, 4) is 11.5 Å². The number of nitrogens with one attached hydrogen (secondary N) is 1. The standard InChI is InChI=1S/C14H21NO3S/c1-15-8-12(16)10-3-4-13(14(7-10)17-2)18-11-5-6-19-9-11/h3-4,7,11-12,15-16H,5-6,8-9H2,1-2H3. The molecule has 0 aliphatic carbocycles. The smallest absolute Gasteiger partial charge is 0.161 e. The molecule has 2 rings (SSSR count). The minimum atomic E-state index is -0.532. The largest absolute Gasteiger partial charge is 0.493 e. The first kappa shape index (κ1) is 14.5. The molecule has 0 amide bonds. The summed E-state index contributed by atoms with van der Waals surface area (Å²) in [5, 5.41) is 12.9. The van der Waals surface area contributed by atoms with Crippen molar-refractivity contribution in [1.82, 2.24) is 5.32 Å². The van der Waals surface area contributed by atoms with Gasteiger partial charge in [-0.25, -0.2) is 0 Å². The number of aliphatic hydroxyl groups excluding tert-OH is 1. The van der Waals surface area contributed by atoms with Crippen LogP contribution in [0.4, 0.5) is 0 Å². The van der Waals surface area contributed by atoms with Crippen molar-refractivity contribution in [3.05, 3.63) is 23.8 Å². The topological polar surface area (TPSA) is 50.7 Å². The zero-order valence-electron chi connectivity index (χ0n) is 11.4. The van der Waals surface area contributed by atoms with Crippen LogP contribution in [0, 0.1) is 0 Å². The number of hydrogen-bond acceptors (Lipinski definition) is 5. The molecule has 1 aromatic carbocycles. The predicted octanol–water partition coefficient (Wildman–Crippen LogP) is 1.83. The third-order valence-electron chi connectivity index (χ3n) is 3.15. The molecule has 2 unspecified atom stereocenters. The summed E-state index contributed by atoms with van der Waals surface area (Å²) < 4.78 is 11.3. The molecule has 0 radical (unpaired) electrons. The minimum Gasteiger partial charge on any atom is -0.493 e. The van der Waals surface area contributed by atoms with E-state index in [4.69, 9.17) is 9.47 Å². The SMILES string of the molecule is CNCC(O)c1ccc(OC2CCSC2)c(OC)c1. The first-order chi connectivity index (χ1) is 9.24. The van der Waals surface area contributed by atoms with E-state index in [-0.39, 0.29) is 6.10 Å². The number of likely N-dealkylation sites (N-methyl/N-ethyl adjacent to an activating group) is 1. The van der Waals surface area contributed by atoms with Crippen LogP contribution in [0.15, 0.2) is 18.2 Å². The molecular weight excluding hydrogens is 262 g/mol. The Hall–Kier alpha value is -0.910. The molecule has 1 aliphatic rings. The number of rotatable bonds is 6. The second-order valence-corrected chi connectivity index (χ2v) is 5.74. The molecule has 1 aromatic rings. The zero-order valence-corrected chi connectivity index (χ0v) is 12.2. The monoisotopic (exact) mass is 283 g/mol. The number of ether oxygens (including phenoxy) is 2. The van der Waals surface area contributed by atoms with Gasteiger partial charge in [-0.05, 0) is 36.9 Å². The lowest BCUT2D eigenvalue weighted by Gasteiger charge is -2.17. The number of benzene rings is 1. The Morgan fingerprint density at radius 1 is 1.47 bits per heavy atom. The highest BCUT2D eigenvalue weighted by Gasteiger charge is 2.19. The minimum absolute atomic E-state index is 0.270. The van der Waals surface area contributed by atoms with Crippen molar-refractivity contribution in [3.63, 3.8) is 0 Å². The molecular formula is C14H21NO3S. The molecule has 5 heteroatoms. The maximum atomic E-state index is 9.95. The predicted molar refractivity (Wildman–Crippen MR) is 78.2 cm³/mol. The third-order valence-corrected chi connectivity index (χ3v) is 4.28. The Morgan fingerprint density at radius 3 is 2.95 bits per heavy atom. The summed E-state index contributed by atoms with van der Waals surface area (Å²) in [6.07, 6.45) is 0.819. The van der Waals surface area contributed by atoms with Crippen LogP contribution in [0.1, 0.15) is 18.1 Å². The summed E-state index contributed by atoms with van der Waals surface area (Å²) in [5.41, 5.74) is 0.833. The van der Waals surface area contributed by atoms with Gasteiger partial charge in [-0.2, -0.15) is 11.8 Å². The Morgan fingerprint density at radius 2 is 2.32 bits per heavy atom. The van der Waals surface area contributed by atoms with Crippen LogP contribution in [-0.4, -0.2) is 43.4 Å². The lowest BCUT2D eigenvalue weighted by Crippen LogP contribution is -2.17. The van der Waals surface area contributed by atoms with Crippen molar-refractivity contribution < 1.29 is 14.6 Å². The van der Waals surface area contributed by atoms with Gasteiger partial charge in [0, 0.05) is 12.3 Å². The summed E-state index contributed by atoms with van der Waals surface area (Å²) >= 11 is 1.92. The quantitative estimate of drug-likeness (QED) is 0.834. The molecule has 2 N–H and O–H groups in total. The Balaban J connectivity index is 2.11. The second-order valence-electron chi connectivity index (χ2n) is 4.59. The molecule has 2 atom stereocenters. The van der Waals surface area contributed by atoms with E-state index in [2.05, 4.69) is 5.32 Å². The average molecular weight is 283 g/mol. The zero-order chi connectivity index (χ0) is 13.7. The Bertz CT molecular complexity index is 408. The van der Waals surface area contributed by atoms with Crippen molar-refractivity contribution >= 4 is 11.8 Å². The van der Waals surface area contributed by atoms with Crippen molar-refractivity contribution in [2.45, 2.75) is 18.6 Å². The molecule has 1 saturated heterocycles. The molecule has 1 fully saturated rings. The van der Waals surface area contributed by atoms with Gasteiger partial charge in [0.25, 0.3) is 0 Å². The fourth-order valence-corrected chi connectivity index (χ4v) is 3.18. The lowest BCUT2D eigenvalue weighted by atomic mass is 10.1. The molecule has 0 spiro atoms. The number of methoxy groups -OCH3 is 1. The van der Waals surface area contributed by atoms with Crippen LogP contribution in [-0.2, 0) is 0 Å². The highest BCUT2D eigenvalue weighted by molar-refractivity contribution is 7.99. The van der Waals surface area contributed by atoms with Crippen LogP contribution in [0.2, 0.25) is 0 Å². The summed E-state index contributed by atoms with van der Waals surface area (Å²) in [6, 6.07) is 5.62. The van der Waals surface area contributed by atoms with Crippen LogP contribution >= 0.6 is 11.8 Å². The number of thioether (sulfide) groups is 1. The normalized spacial score (nSPS) is 20.3. The summed E-state index contributed by atoms with van der Waals surface area (Å²) in [6.45, 7) is 0.516. The number of hydrogen-bond donors (Lipinski definition) is 2. The van der Waals surface area contributed by atoms with Gasteiger partial charge in [-0.1, -0.05) is 6.07 Å². The van der Waals surface area contributed by atoms with Crippen molar-refractivity contribution in [1.29, 1.82) is 0 Å². The third kappa shape index (κ3) is 3.78. The van der Waals surface area contributed by atoms with E-state index in [1.807, 2.05) is 37.0 Å². The van der Waals surface area contributed by atoms with Gasteiger partial charge in [0.05, 0.1) is 13.2 Å². The lowest BCUT2D eigenvalue weighted by molar-refractivity contribution is 0.176. The molecule has 19 heavy (non-hydrogen) atoms. The summed E-state index contributed by atoms with van der Waals surface area (Å²) in [5.74, 6) is 3.64. The molecule has 1 aliphatic heterocycles. The van der Waals surface area contributed by atoms with Crippen LogP contribution in [0.5, 0.6) is 11.5 Å². The molecule has 0 bridgehead atoms. The van der Waals surface area contributed by atoms with Crippen LogP contribution in [0.25, 0.3) is 0 Å². The molecule has 0 aromatic heterocycles. The summed E-state index contributed by atoms with van der Waals surface area (Å²) in [7, 11) is 3.44. The maximum absolute atomic E-state index is 9.95. The van der Waals surface area contributed by atoms with E-state index in [1.165, 1.54) is 0 Å². The Kier molecular flexibility index (Phi) is 5.36. The van der Waals surface area contributed by atoms with Gasteiger partial charge in [0.15, 0.2) is 11.5 Å². The van der Waals surface area contributed by atoms with Crippen LogP contribution < -0.4 is 14.8 Å². The number of aliphatic hydroxyl groups is 1. The molecule has 0 saturated carbocycles. The highest BCUT2D eigenvalue weighted by atomic mass is 32.2. The van der Waals surface area contributed by atoms with E-state index in [9.17, 15) is 5.11 Å². The highest BCUT2D eigenvalue weighted by Crippen LogP contribution is 2.33. The van der Waals surface area contributed by atoms with Crippen molar-refractivity contribution in [2.24, 2.45) is 0 Å². The van der Waals surface area contributed by atoms with E-state index < -0.39 is 6.10 Å². The maximum Gasteiger partial charge on any atom is 0.161 e. The molecule has 4 nitrogen and oxygen atoms in total. The van der Waals surface area contributed by atoms with Crippen LogP contribution in [0.3, 0.4) is 0 Å². The van der Waals surface area contributed by atoms with E-state index in [0.29, 0.717) is 12.3 Å². The second kappa shape index (κ2) is 7.03. The van der Waals surface area contributed by atoms with Gasteiger partial charge in [0.1, 0.15) is 6.10 Å². The molecule has 1 heterocycles. The average Bonchev–Trinajstić information content (AvgIpc) is 2.92. The van der Waals surface area contributed by atoms with E-state index >= 15 is 0 Å². The van der Waals surface area contributed by atoms with Gasteiger partial charge in [-0.3, -0.25) is 0 Å². The van der Waals surface area contributed by atoms with Crippen molar-refractivity contribution in [2.75, 3.05) is 32.2 Å². The first-order valence-electron chi connectivity index (χ1n) is 6.49. The van der Waals surface area contributed by atoms with Gasteiger partial charge < -0.3 is 19.9 Å². The van der Waals surface area contributed by atoms with E-state index in [0.717, 1.165) is 29.2 Å². The fraction of sp³-hybridized carbons (Fsp3) is 0.571. The van der Waals surface area contributed by atoms with E-state index in [1.54, 1.807) is 7.11 Å². The van der Waals surface area contributed by atoms with Gasteiger partial charge in [-0.15, -0.1) is 0 Å². The first-order valence-corrected chi connectivity index (χ1v) is 7.65. The fourth-order valence-electron chi connectivity index (χ4n) is 2.09. The van der Waals surface area contributed by atoms with Gasteiger partial charge in [0.2, 0.25) is 0 Å². The summed E-state index contributed by atoms with van der Waals surface area (Å²) in [4.78, 5) is 0. The molecule has 106 valence electrons. The van der Waals surface area contributed by atoms with Gasteiger partial charge >= 0.3 is 0 Å².